The summed E-state index contributed by atoms with van der Waals surface area (Å²) in [7, 11) is 0. The number of anilines is 1. The number of benzene rings is 1. The van der Waals surface area contributed by atoms with Crippen molar-refractivity contribution < 1.29 is 22.7 Å². The first-order valence-corrected chi connectivity index (χ1v) is 8.49. The highest BCUT2D eigenvalue weighted by atomic mass is 35.5. The highest BCUT2D eigenvalue weighted by molar-refractivity contribution is 7.16. The maximum Gasteiger partial charge on any atom is 0.227 e. The van der Waals surface area contributed by atoms with Crippen LogP contribution < -0.4 is 10.6 Å². The summed E-state index contributed by atoms with van der Waals surface area (Å²) in [5.74, 6) is -3.34. The highest BCUT2D eigenvalue weighted by Gasteiger charge is 2.21. The van der Waals surface area contributed by atoms with Gasteiger partial charge in [-0.05, 0) is 6.92 Å². The lowest BCUT2D eigenvalue weighted by Gasteiger charge is -2.22. The van der Waals surface area contributed by atoms with Gasteiger partial charge in [0.15, 0.2) is 5.13 Å². The van der Waals surface area contributed by atoms with Gasteiger partial charge in [-0.25, -0.2) is 18.2 Å². The molecule has 2 heterocycles. The zero-order valence-corrected chi connectivity index (χ0v) is 15.4. The smallest absolute Gasteiger partial charge is 0.227 e. The lowest BCUT2D eigenvalue weighted by atomic mass is 10.1. The molecule has 0 saturated carbocycles. The molecule has 142 valence electrons. The standard InChI is InChI=1S/C16H16F3N3O2S.ClH/c1-8-15(14-11(18)4-9(17)5-12(14)19)22-16(25-8)21-13(23)6-10-7-24-3-2-20-10;/h4-5,10,20H,2-3,6-7H2,1H3,(H,21,22,23);1H. The zero-order chi connectivity index (χ0) is 18.0. The summed E-state index contributed by atoms with van der Waals surface area (Å²) in [5, 5.41) is 6.02. The summed E-state index contributed by atoms with van der Waals surface area (Å²) in [4.78, 5) is 16.7. The summed E-state index contributed by atoms with van der Waals surface area (Å²) in [6.45, 7) is 3.37. The zero-order valence-electron chi connectivity index (χ0n) is 13.8. The van der Waals surface area contributed by atoms with Crippen LogP contribution in [-0.4, -0.2) is 36.7 Å². The Morgan fingerprint density at radius 3 is 2.69 bits per heavy atom. The van der Waals surface area contributed by atoms with Crippen LogP contribution in [-0.2, 0) is 9.53 Å². The Hall–Kier alpha value is -1.68. The van der Waals surface area contributed by atoms with Gasteiger partial charge in [-0.1, -0.05) is 0 Å². The van der Waals surface area contributed by atoms with Crippen molar-refractivity contribution in [2.45, 2.75) is 19.4 Å². The molecular weight excluding hydrogens is 391 g/mol. The van der Waals surface area contributed by atoms with Gasteiger partial charge in [0, 0.05) is 36.0 Å². The third kappa shape index (κ3) is 4.73. The van der Waals surface area contributed by atoms with E-state index in [1.165, 1.54) is 0 Å². The molecule has 0 bridgehead atoms. The maximum absolute atomic E-state index is 13.9. The number of ether oxygens (including phenoxy) is 1. The molecule has 5 nitrogen and oxygen atoms in total. The Kier molecular flexibility index (Phi) is 6.99. The average molecular weight is 408 g/mol. The number of carbonyl (C=O) groups excluding carboxylic acids is 1. The molecule has 1 aromatic carbocycles. The van der Waals surface area contributed by atoms with Crippen LogP contribution in [0.3, 0.4) is 0 Å². The minimum atomic E-state index is -1.03. The van der Waals surface area contributed by atoms with Crippen LogP contribution in [0, 0.1) is 24.4 Å². The number of amides is 1. The van der Waals surface area contributed by atoms with Crippen molar-refractivity contribution in [3.8, 4) is 11.3 Å². The van der Waals surface area contributed by atoms with Crippen molar-refractivity contribution in [1.82, 2.24) is 10.3 Å². The lowest BCUT2D eigenvalue weighted by Crippen LogP contribution is -2.43. The number of hydrogen-bond acceptors (Lipinski definition) is 5. The summed E-state index contributed by atoms with van der Waals surface area (Å²) in [6.07, 6.45) is 0.202. The summed E-state index contributed by atoms with van der Waals surface area (Å²) >= 11 is 1.10. The average Bonchev–Trinajstić information content (AvgIpc) is 2.87. The van der Waals surface area contributed by atoms with Crippen LogP contribution in [0.5, 0.6) is 0 Å². The van der Waals surface area contributed by atoms with Gasteiger partial charge in [0.05, 0.1) is 24.5 Å². The quantitative estimate of drug-likeness (QED) is 0.816. The molecule has 1 unspecified atom stereocenters. The highest BCUT2D eigenvalue weighted by Crippen LogP contribution is 2.34. The van der Waals surface area contributed by atoms with Crippen LogP contribution in [0.4, 0.5) is 18.3 Å². The number of morpholine rings is 1. The largest absolute Gasteiger partial charge is 0.378 e. The number of hydrogen-bond donors (Lipinski definition) is 2. The van der Waals surface area contributed by atoms with Gasteiger partial charge < -0.3 is 15.4 Å². The Morgan fingerprint density at radius 1 is 1.38 bits per heavy atom. The molecule has 1 saturated heterocycles. The van der Waals surface area contributed by atoms with Crippen molar-refractivity contribution in [2.75, 3.05) is 25.1 Å². The lowest BCUT2D eigenvalue weighted by molar-refractivity contribution is -0.117. The molecule has 2 N–H and O–H groups in total. The van der Waals surface area contributed by atoms with E-state index in [1.807, 2.05) is 0 Å². The second kappa shape index (κ2) is 8.81. The van der Waals surface area contributed by atoms with Gasteiger partial charge in [0.2, 0.25) is 5.91 Å². The first-order valence-electron chi connectivity index (χ1n) is 7.67. The molecule has 1 amide bonds. The van der Waals surface area contributed by atoms with E-state index in [0.29, 0.717) is 36.8 Å². The number of aromatic nitrogens is 1. The van der Waals surface area contributed by atoms with Crippen LogP contribution in [0.1, 0.15) is 11.3 Å². The number of halogens is 4. The van der Waals surface area contributed by atoms with E-state index in [2.05, 4.69) is 15.6 Å². The van der Waals surface area contributed by atoms with E-state index < -0.39 is 23.0 Å². The summed E-state index contributed by atoms with van der Waals surface area (Å²) in [6, 6.07) is 1.12. The van der Waals surface area contributed by atoms with Gasteiger partial charge in [0.25, 0.3) is 0 Å². The number of carbonyl (C=O) groups is 1. The van der Waals surface area contributed by atoms with E-state index in [0.717, 1.165) is 11.3 Å². The molecule has 0 radical (unpaired) electrons. The molecule has 10 heteroatoms. The Bertz CT molecular complexity index is 774. The third-order valence-corrected chi connectivity index (χ3v) is 4.60. The maximum atomic E-state index is 13.9. The predicted molar refractivity (Wildman–Crippen MR) is 95.3 cm³/mol. The topological polar surface area (TPSA) is 63.2 Å². The van der Waals surface area contributed by atoms with Crippen molar-refractivity contribution in [3.63, 3.8) is 0 Å². The first kappa shape index (κ1) is 20.6. The van der Waals surface area contributed by atoms with Gasteiger partial charge >= 0.3 is 0 Å². The Labute approximate surface area is 158 Å². The second-order valence-electron chi connectivity index (χ2n) is 5.65. The van der Waals surface area contributed by atoms with Crippen molar-refractivity contribution in [1.29, 1.82) is 0 Å². The predicted octanol–water partition coefficient (Wildman–Crippen LogP) is 3.27. The van der Waals surface area contributed by atoms with Gasteiger partial charge in [0.1, 0.15) is 17.5 Å². The molecule has 2 aromatic rings. The van der Waals surface area contributed by atoms with Crippen LogP contribution in [0.15, 0.2) is 12.1 Å². The summed E-state index contributed by atoms with van der Waals surface area (Å²) in [5.41, 5.74) is -0.354. The van der Waals surface area contributed by atoms with Gasteiger partial charge in [-0.2, -0.15) is 0 Å². The van der Waals surface area contributed by atoms with E-state index in [4.69, 9.17) is 4.74 Å². The minimum Gasteiger partial charge on any atom is -0.378 e. The van der Waals surface area contributed by atoms with Gasteiger partial charge in [-0.15, -0.1) is 23.7 Å². The molecule has 0 spiro atoms. The second-order valence-corrected chi connectivity index (χ2v) is 6.85. The molecule has 0 aliphatic carbocycles. The van der Waals surface area contributed by atoms with Crippen LogP contribution >= 0.6 is 23.7 Å². The molecule has 1 atom stereocenters. The Morgan fingerprint density at radius 2 is 2.08 bits per heavy atom. The number of nitrogens with one attached hydrogen (secondary N) is 2. The monoisotopic (exact) mass is 407 g/mol. The summed E-state index contributed by atoms with van der Waals surface area (Å²) < 4.78 is 46.2. The molecular formula is C16H17ClF3N3O2S. The van der Waals surface area contributed by atoms with Crippen molar-refractivity contribution in [2.24, 2.45) is 0 Å². The molecule has 1 aliphatic heterocycles. The molecule has 1 aromatic heterocycles. The molecule has 1 fully saturated rings. The van der Waals surface area contributed by atoms with Crippen LogP contribution in [0.2, 0.25) is 0 Å². The molecule has 3 rings (SSSR count). The Balaban J connectivity index is 0.00000243. The number of nitrogens with zero attached hydrogens (tertiary/aromatic N) is 1. The number of aryl methyl sites for hydroxylation is 1. The SMILES string of the molecule is Cc1sc(NC(=O)CC2COCCN2)nc1-c1c(F)cc(F)cc1F.Cl. The minimum absolute atomic E-state index is 0. The number of rotatable bonds is 4. The van der Waals surface area contributed by atoms with Crippen molar-refractivity contribution in [3.05, 3.63) is 34.5 Å². The van der Waals surface area contributed by atoms with E-state index in [-0.39, 0.29) is 41.6 Å². The fraction of sp³-hybridized carbons (Fsp3) is 0.375. The van der Waals surface area contributed by atoms with E-state index >= 15 is 0 Å². The van der Waals surface area contributed by atoms with E-state index in [9.17, 15) is 18.0 Å². The fourth-order valence-electron chi connectivity index (χ4n) is 2.60. The van der Waals surface area contributed by atoms with Crippen molar-refractivity contribution >= 4 is 34.8 Å². The molecule has 26 heavy (non-hydrogen) atoms. The number of thiazole rings is 1. The normalized spacial score (nSPS) is 16.8. The first-order chi connectivity index (χ1) is 11.9. The fourth-order valence-corrected chi connectivity index (χ4v) is 3.43. The van der Waals surface area contributed by atoms with Gasteiger partial charge in [-0.3, -0.25) is 4.79 Å². The van der Waals surface area contributed by atoms with Crippen LogP contribution in [0.25, 0.3) is 11.3 Å². The van der Waals surface area contributed by atoms with E-state index in [1.54, 1.807) is 6.92 Å². The molecule has 1 aliphatic rings. The third-order valence-electron chi connectivity index (χ3n) is 3.72.